The second-order valence-corrected chi connectivity index (χ2v) is 5.54. The number of aryl methyl sites for hydroxylation is 1. The number of rotatable bonds is 8. The van der Waals surface area contributed by atoms with Crippen LogP contribution in [0, 0.1) is 6.92 Å². The Kier molecular flexibility index (Phi) is 11.7. The van der Waals surface area contributed by atoms with Gasteiger partial charge in [0.15, 0.2) is 0 Å². The third kappa shape index (κ3) is 10.1. The van der Waals surface area contributed by atoms with E-state index in [2.05, 4.69) is 18.7 Å². The monoisotopic (exact) mass is 359 g/mol. The van der Waals surface area contributed by atoms with Gasteiger partial charge in [-0.2, -0.15) is 0 Å². The van der Waals surface area contributed by atoms with E-state index in [0.29, 0.717) is 0 Å². The van der Waals surface area contributed by atoms with Crippen molar-refractivity contribution in [3.05, 3.63) is 28.8 Å². The molecule has 1 aromatic rings. The van der Waals surface area contributed by atoms with E-state index >= 15 is 0 Å². The summed E-state index contributed by atoms with van der Waals surface area (Å²) in [4.78, 5) is 20.6. The quantitative estimate of drug-likeness (QED) is 0.547. The molecule has 0 heterocycles. The lowest BCUT2D eigenvalue weighted by atomic mass is 10.2. The lowest BCUT2D eigenvalue weighted by Gasteiger charge is -2.17. The molecule has 0 aliphatic heterocycles. The zero-order valence-corrected chi connectivity index (χ0v) is 15.2. The molecule has 0 amide bonds. The first-order chi connectivity index (χ1) is 11.3. The molecule has 0 aromatic heterocycles. The van der Waals surface area contributed by atoms with E-state index in [9.17, 15) is 0 Å². The van der Waals surface area contributed by atoms with E-state index in [-0.39, 0.29) is 0 Å². The standard InChI is InChI=1S/C15H24ClNO.C2H2O4/c1-4-17(5-2)10-6-7-11-18-15-9-8-14(16)12-13(15)3;3-1(4)2(5)6/h8-9,12H,4-7,10-11H2,1-3H3;(H,3,4)(H,5,6). The van der Waals surface area contributed by atoms with Crippen molar-refractivity contribution in [3.63, 3.8) is 0 Å². The molecule has 0 aliphatic carbocycles. The highest BCUT2D eigenvalue weighted by Gasteiger charge is 2.04. The number of aliphatic carboxylic acids is 2. The summed E-state index contributed by atoms with van der Waals surface area (Å²) in [5, 5.41) is 15.5. The SMILES string of the molecule is CCN(CC)CCCCOc1ccc(Cl)cc1C.O=C(O)C(=O)O. The Hall–Kier alpha value is -1.79. The molecule has 0 unspecified atom stereocenters. The molecule has 0 atom stereocenters. The van der Waals surface area contributed by atoms with Crippen LogP contribution in [0.5, 0.6) is 5.75 Å². The molecule has 24 heavy (non-hydrogen) atoms. The number of carbonyl (C=O) groups is 2. The lowest BCUT2D eigenvalue weighted by Crippen LogP contribution is -2.24. The fraction of sp³-hybridized carbons (Fsp3) is 0.529. The Morgan fingerprint density at radius 2 is 1.71 bits per heavy atom. The molecule has 136 valence electrons. The predicted octanol–water partition coefficient (Wildman–Crippen LogP) is 3.30. The summed E-state index contributed by atoms with van der Waals surface area (Å²) in [6, 6.07) is 5.76. The van der Waals surface area contributed by atoms with Gasteiger partial charge in [-0.15, -0.1) is 0 Å². The van der Waals surface area contributed by atoms with E-state index in [1.54, 1.807) is 0 Å². The molecule has 1 aromatic carbocycles. The van der Waals surface area contributed by atoms with Crippen molar-refractivity contribution >= 4 is 23.5 Å². The minimum Gasteiger partial charge on any atom is -0.493 e. The van der Waals surface area contributed by atoms with Crippen LogP contribution in [0.3, 0.4) is 0 Å². The number of benzene rings is 1. The molecular weight excluding hydrogens is 334 g/mol. The number of carboxylic acid groups (broad SMARTS) is 2. The first kappa shape index (κ1) is 22.2. The van der Waals surface area contributed by atoms with Gasteiger partial charge >= 0.3 is 11.9 Å². The maximum atomic E-state index is 9.10. The van der Waals surface area contributed by atoms with Gasteiger partial charge in [0.25, 0.3) is 0 Å². The number of ether oxygens (including phenoxy) is 1. The van der Waals surface area contributed by atoms with Crippen molar-refractivity contribution in [3.8, 4) is 5.75 Å². The van der Waals surface area contributed by atoms with E-state index in [0.717, 1.165) is 49.0 Å². The fourth-order valence-corrected chi connectivity index (χ4v) is 2.16. The van der Waals surface area contributed by atoms with E-state index in [1.807, 2.05) is 25.1 Å². The van der Waals surface area contributed by atoms with Gasteiger partial charge in [0.2, 0.25) is 0 Å². The smallest absolute Gasteiger partial charge is 0.414 e. The van der Waals surface area contributed by atoms with E-state index < -0.39 is 11.9 Å². The summed E-state index contributed by atoms with van der Waals surface area (Å²) >= 11 is 5.91. The highest BCUT2D eigenvalue weighted by molar-refractivity contribution is 6.30. The molecule has 0 bridgehead atoms. The van der Waals surface area contributed by atoms with Crippen LogP contribution >= 0.6 is 11.6 Å². The zero-order valence-electron chi connectivity index (χ0n) is 14.4. The summed E-state index contributed by atoms with van der Waals surface area (Å²) in [5.41, 5.74) is 1.10. The third-order valence-corrected chi connectivity index (χ3v) is 3.58. The molecule has 2 N–H and O–H groups in total. The van der Waals surface area contributed by atoms with Crippen LogP contribution in [-0.2, 0) is 9.59 Å². The van der Waals surface area contributed by atoms with Crippen molar-refractivity contribution in [1.29, 1.82) is 0 Å². The lowest BCUT2D eigenvalue weighted by molar-refractivity contribution is -0.159. The molecule has 6 nitrogen and oxygen atoms in total. The molecule has 0 radical (unpaired) electrons. The first-order valence-electron chi connectivity index (χ1n) is 7.89. The van der Waals surface area contributed by atoms with Gasteiger partial charge in [0, 0.05) is 5.02 Å². The van der Waals surface area contributed by atoms with Crippen molar-refractivity contribution in [2.24, 2.45) is 0 Å². The first-order valence-corrected chi connectivity index (χ1v) is 8.27. The summed E-state index contributed by atoms with van der Waals surface area (Å²) in [6.07, 6.45) is 2.28. The van der Waals surface area contributed by atoms with Crippen molar-refractivity contribution in [1.82, 2.24) is 4.90 Å². The molecule has 7 heteroatoms. The largest absolute Gasteiger partial charge is 0.493 e. The van der Waals surface area contributed by atoms with Gasteiger partial charge in [-0.25, -0.2) is 9.59 Å². The summed E-state index contributed by atoms with van der Waals surface area (Å²) in [7, 11) is 0. The molecule has 1 rings (SSSR count). The van der Waals surface area contributed by atoms with Crippen LogP contribution in [0.1, 0.15) is 32.3 Å². The average Bonchev–Trinajstić information content (AvgIpc) is 2.53. The number of nitrogens with zero attached hydrogens (tertiary/aromatic N) is 1. The number of halogens is 1. The molecule has 0 spiro atoms. The second kappa shape index (κ2) is 12.6. The van der Waals surface area contributed by atoms with Crippen LogP contribution < -0.4 is 4.74 Å². The number of hydrogen-bond acceptors (Lipinski definition) is 4. The van der Waals surface area contributed by atoms with Crippen LogP contribution in [0.15, 0.2) is 18.2 Å². The number of hydrogen-bond donors (Lipinski definition) is 2. The maximum absolute atomic E-state index is 9.10. The van der Waals surface area contributed by atoms with Crippen LogP contribution in [0.25, 0.3) is 0 Å². The average molecular weight is 360 g/mol. The summed E-state index contributed by atoms with van der Waals surface area (Å²) in [5.74, 6) is -2.70. The van der Waals surface area contributed by atoms with Gasteiger partial charge in [-0.1, -0.05) is 25.4 Å². The molecular formula is C17H26ClNO5. The fourth-order valence-electron chi connectivity index (χ4n) is 1.93. The Labute approximate surface area is 148 Å². The Balaban J connectivity index is 0.000000754. The Morgan fingerprint density at radius 3 is 2.17 bits per heavy atom. The minimum absolute atomic E-state index is 0.765. The zero-order chi connectivity index (χ0) is 18.5. The second-order valence-electron chi connectivity index (χ2n) is 5.10. The van der Waals surface area contributed by atoms with Gasteiger partial charge < -0.3 is 19.8 Å². The van der Waals surface area contributed by atoms with E-state index in [1.165, 1.54) is 6.42 Å². The molecule has 0 saturated heterocycles. The van der Waals surface area contributed by atoms with Gasteiger partial charge in [0.1, 0.15) is 5.75 Å². The van der Waals surface area contributed by atoms with Gasteiger partial charge in [-0.05, 0) is 63.2 Å². The number of carboxylic acids is 2. The topological polar surface area (TPSA) is 87.1 Å². The van der Waals surface area contributed by atoms with Crippen LogP contribution in [-0.4, -0.2) is 53.3 Å². The Morgan fingerprint density at radius 1 is 1.12 bits per heavy atom. The van der Waals surface area contributed by atoms with Crippen molar-refractivity contribution in [2.45, 2.75) is 33.6 Å². The predicted molar refractivity (Wildman–Crippen MR) is 94.0 cm³/mol. The molecule has 0 aliphatic rings. The third-order valence-electron chi connectivity index (χ3n) is 3.34. The highest BCUT2D eigenvalue weighted by atomic mass is 35.5. The highest BCUT2D eigenvalue weighted by Crippen LogP contribution is 2.21. The normalized spacial score (nSPS) is 10.0. The summed E-state index contributed by atoms with van der Waals surface area (Å²) in [6.45, 7) is 10.6. The van der Waals surface area contributed by atoms with Gasteiger partial charge in [0.05, 0.1) is 6.61 Å². The van der Waals surface area contributed by atoms with Crippen LogP contribution in [0.4, 0.5) is 0 Å². The number of unbranched alkanes of at least 4 members (excludes halogenated alkanes) is 1. The van der Waals surface area contributed by atoms with Crippen molar-refractivity contribution < 1.29 is 24.5 Å². The molecule has 0 fully saturated rings. The van der Waals surface area contributed by atoms with Crippen LogP contribution in [0.2, 0.25) is 5.02 Å². The van der Waals surface area contributed by atoms with Gasteiger partial charge in [-0.3, -0.25) is 0 Å². The maximum Gasteiger partial charge on any atom is 0.414 e. The van der Waals surface area contributed by atoms with Crippen molar-refractivity contribution in [2.75, 3.05) is 26.2 Å². The summed E-state index contributed by atoms with van der Waals surface area (Å²) < 4.78 is 5.76. The van der Waals surface area contributed by atoms with E-state index in [4.69, 9.17) is 36.1 Å². The minimum atomic E-state index is -1.82. The molecule has 0 saturated carbocycles. The Bertz CT molecular complexity index is 506.